The van der Waals surface area contributed by atoms with Crippen molar-refractivity contribution in [1.29, 1.82) is 0 Å². The van der Waals surface area contributed by atoms with Crippen LogP contribution in [0.25, 0.3) is 0 Å². The van der Waals surface area contributed by atoms with E-state index in [9.17, 15) is 8.42 Å². The molecule has 6 heteroatoms. The lowest BCUT2D eigenvalue weighted by Gasteiger charge is -1.98. The molecule has 1 aromatic heterocycles. The highest BCUT2D eigenvalue weighted by atomic mass is 32.2. The maximum Gasteiger partial charge on any atom is 0.245 e. The molecule has 0 radical (unpaired) electrons. The Morgan fingerprint density at radius 3 is 2.33 bits per heavy atom. The molecule has 0 aliphatic carbocycles. The first-order valence-electron chi connectivity index (χ1n) is 3.35. The number of nitrogens with one attached hydrogen (secondary N) is 1. The number of hydrogen-bond acceptors (Lipinski definition) is 4. The molecule has 5 nitrogen and oxygen atoms in total. The van der Waals surface area contributed by atoms with Crippen molar-refractivity contribution in [1.82, 2.24) is 9.88 Å². The SMILES string of the molecule is CNS(=O)(=O)c1c(C)noc1C. The van der Waals surface area contributed by atoms with Crippen LogP contribution in [0.1, 0.15) is 11.5 Å². The van der Waals surface area contributed by atoms with Crippen LogP contribution < -0.4 is 4.72 Å². The number of rotatable bonds is 2. The minimum atomic E-state index is -3.42. The second kappa shape index (κ2) is 2.87. The van der Waals surface area contributed by atoms with Crippen molar-refractivity contribution < 1.29 is 12.9 Å². The fourth-order valence-corrected chi connectivity index (χ4v) is 2.01. The molecule has 0 aromatic carbocycles. The Morgan fingerprint density at radius 1 is 1.42 bits per heavy atom. The fourth-order valence-electron chi connectivity index (χ4n) is 0.960. The van der Waals surface area contributed by atoms with Gasteiger partial charge in [0.25, 0.3) is 0 Å². The molecule has 1 aromatic rings. The van der Waals surface area contributed by atoms with Crippen molar-refractivity contribution in [2.24, 2.45) is 0 Å². The second-order valence-corrected chi connectivity index (χ2v) is 4.18. The van der Waals surface area contributed by atoms with Crippen molar-refractivity contribution in [3.8, 4) is 0 Å². The van der Waals surface area contributed by atoms with Crippen LogP contribution in [0, 0.1) is 13.8 Å². The summed E-state index contributed by atoms with van der Waals surface area (Å²) in [6.07, 6.45) is 0. The highest BCUT2D eigenvalue weighted by molar-refractivity contribution is 7.89. The first-order chi connectivity index (χ1) is 5.49. The van der Waals surface area contributed by atoms with Crippen LogP contribution in [-0.2, 0) is 10.0 Å². The third-order valence-corrected chi connectivity index (χ3v) is 3.16. The molecule has 0 saturated heterocycles. The molecule has 0 unspecified atom stereocenters. The molecular weight excluding hydrogens is 180 g/mol. The van der Waals surface area contributed by atoms with E-state index >= 15 is 0 Å². The lowest BCUT2D eigenvalue weighted by molar-refractivity contribution is 0.390. The molecule has 0 bridgehead atoms. The van der Waals surface area contributed by atoms with Crippen LogP contribution in [0.5, 0.6) is 0 Å². The van der Waals surface area contributed by atoms with Crippen molar-refractivity contribution >= 4 is 10.0 Å². The normalized spacial score (nSPS) is 11.9. The topological polar surface area (TPSA) is 72.2 Å². The zero-order chi connectivity index (χ0) is 9.35. The second-order valence-electron chi connectivity index (χ2n) is 2.36. The molecule has 1 N–H and O–H groups in total. The van der Waals surface area contributed by atoms with Gasteiger partial charge in [-0.3, -0.25) is 0 Å². The predicted octanol–water partition coefficient (Wildman–Crippen LogP) is 0.200. The van der Waals surface area contributed by atoms with Gasteiger partial charge in [0, 0.05) is 0 Å². The monoisotopic (exact) mass is 190 g/mol. The van der Waals surface area contributed by atoms with Gasteiger partial charge in [0.2, 0.25) is 10.0 Å². The van der Waals surface area contributed by atoms with E-state index in [0.717, 1.165) is 0 Å². The van der Waals surface area contributed by atoms with Gasteiger partial charge in [0.1, 0.15) is 10.6 Å². The van der Waals surface area contributed by atoms with E-state index in [1.807, 2.05) is 0 Å². The number of aryl methyl sites for hydroxylation is 2. The van der Waals surface area contributed by atoms with Gasteiger partial charge < -0.3 is 4.52 Å². The van der Waals surface area contributed by atoms with Crippen LogP contribution in [-0.4, -0.2) is 20.6 Å². The van der Waals surface area contributed by atoms with Gasteiger partial charge in [0.05, 0.1) is 0 Å². The third-order valence-electron chi connectivity index (χ3n) is 1.51. The van der Waals surface area contributed by atoms with E-state index in [-0.39, 0.29) is 4.90 Å². The molecule has 0 amide bonds. The Morgan fingerprint density at radius 2 is 2.00 bits per heavy atom. The number of sulfonamides is 1. The smallest absolute Gasteiger partial charge is 0.245 e. The molecule has 1 rings (SSSR count). The van der Waals surface area contributed by atoms with Crippen LogP contribution in [0.4, 0.5) is 0 Å². The molecule has 0 saturated carbocycles. The molecule has 0 spiro atoms. The first-order valence-corrected chi connectivity index (χ1v) is 4.84. The highest BCUT2D eigenvalue weighted by Crippen LogP contribution is 2.17. The summed E-state index contributed by atoms with van der Waals surface area (Å²) in [6.45, 7) is 3.14. The Balaban J connectivity index is 3.37. The molecule has 0 fully saturated rings. The van der Waals surface area contributed by atoms with Gasteiger partial charge in [0.15, 0.2) is 5.76 Å². The average molecular weight is 190 g/mol. The maximum absolute atomic E-state index is 11.3. The summed E-state index contributed by atoms with van der Waals surface area (Å²) in [4.78, 5) is 0.130. The quantitative estimate of drug-likeness (QED) is 0.723. The van der Waals surface area contributed by atoms with Gasteiger partial charge in [-0.25, -0.2) is 13.1 Å². The van der Waals surface area contributed by atoms with E-state index in [2.05, 4.69) is 9.88 Å². The van der Waals surface area contributed by atoms with Crippen LogP contribution in [0.15, 0.2) is 9.42 Å². The molecule has 1 heterocycles. The van der Waals surface area contributed by atoms with Gasteiger partial charge in [-0.2, -0.15) is 0 Å². The number of hydrogen-bond donors (Lipinski definition) is 1. The van der Waals surface area contributed by atoms with Crippen molar-refractivity contribution in [3.05, 3.63) is 11.5 Å². The Bertz CT molecular complexity index is 360. The number of aromatic nitrogens is 1. The molecule has 12 heavy (non-hydrogen) atoms. The van der Waals surface area contributed by atoms with E-state index in [0.29, 0.717) is 11.5 Å². The predicted molar refractivity (Wildman–Crippen MR) is 42.2 cm³/mol. The van der Waals surface area contributed by atoms with E-state index in [1.54, 1.807) is 13.8 Å². The minimum absolute atomic E-state index is 0.130. The molecule has 0 atom stereocenters. The zero-order valence-corrected chi connectivity index (χ0v) is 7.90. The van der Waals surface area contributed by atoms with Crippen LogP contribution >= 0.6 is 0 Å². The fraction of sp³-hybridized carbons (Fsp3) is 0.500. The van der Waals surface area contributed by atoms with Crippen LogP contribution in [0.3, 0.4) is 0 Å². The van der Waals surface area contributed by atoms with Gasteiger partial charge in [-0.05, 0) is 20.9 Å². The summed E-state index contributed by atoms with van der Waals surface area (Å²) in [5, 5.41) is 3.54. The lowest BCUT2D eigenvalue weighted by atomic mass is 10.4. The number of nitrogens with zero attached hydrogens (tertiary/aromatic N) is 1. The third kappa shape index (κ3) is 1.35. The minimum Gasteiger partial charge on any atom is -0.360 e. The molecule has 0 aliphatic heterocycles. The van der Waals surface area contributed by atoms with Crippen LogP contribution in [0.2, 0.25) is 0 Å². The Labute approximate surface area is 70.8 Å². The molecule has 68 valence electrons. The summed E-state index contributed by atoms with van der Waals surface area (Å²) in [6, 6.07) is 0. The summed E-state index contributed by atoms with van der Waals surface area (Å²) in [5.41, 5.74) is 0.377. The molecule has 0 aliphatic rings. The Hall–Kier alpha value is -0.880. The van der Waals surface area contributed by atoms with E-state index in [1.165, 1.54) is 7.05 Å². The lowest BCUT2D eigenvalue weighted by Crippen LogP contribution is -2.19. The average Bonchev–Trinajstić information content (AvgIpc) is 2.31. The molecular formula is C6H10N2O3S. The first kappa shape index (κ1) is 9.21. The van der Waals surface area contributed by atoms with E-state index in [4.69, 9.17) is 4.52 Å². The maximum atomic E-state index is 11.3. The zero-order valence-electron chi connectivity index (χ0n) is 7.08. The highest BCUT2D eigenvalue weighted by Gasteiger charge is 2.21. The Kier molecular flexibility index (Phi) is 2.20. The van der Waals surface area contributed by atoms with E-state index < -0.39 is 10.0 Å². The summed E-state index contributed by atoms with van der Waals surface area (Å²) in [5.74, 6) is 0.307. The summed E-state index contributed by atoms with van der Waals surface area (Å²) >= 11 is 0. The van der Waals surface area contributed by atoms with Crippen molar-refractivity contribution in [2.45, 2.75) is 18.7 Å². The largest absolute Gasteiger partial charge is 0.360 e. The van der Waals surface area contributed by atoms with Gasteiger partial charge in [-0.1, -0.05) is 5.16 Å². The summed E-state index contributed by atoms with van der Waals surface area (Å²) in [7, 11) is -2.07. The van der Waals surface area contributed by atoms with Crippen molar-refractivity contribution in [2.75, 3.05) is 7.05 Å². The summed E-state index contributed by atoms with van der Waals surface area (Å²) < 4.78 is 29.5. The van der Waals surface area contributed by atoms with Gasteiger partial charge in [-0.15, -0.1) is 0 Å². The van der Waals surface area contributed by atoms with Gasteiger partial charge >= 0.3 is 0 Å². The van der Waals surface area contributed by atoms with Crippen molar-refractivity contribution in [3.63, 3.8) is 0 Å². The standard InChI is InChI=1S/C6H10N2O3S/c1-4-6(5(2)11-8-4)12(9,10)7-3/h7H,1-3H3.